The van der Waals surface area contributed by atoms with E-state index < -0.39 is 5.97 Å². The summed E-state index contributed by atoms with van der Waals surface area (Å²) in [5.74, 6) is 1.38. The number of carboxylic acids is 1. The van der Waals surface area contributed by atoms with Crippen molar-refractivity contribution >= 4 is 17.6 Å². The van der Waals surface area contributed by atoms with Crippen molar-refractivity contribution in [2.75, 3.05) is 26.2 Å². The third-order valence-electron chi connectivity index (χ3n) is 6.87. The van der Waals surface area contributed by atoms with Crippen LogP contribution in [-0.4, -0.2) is 42.2 Å². The minimum atomic E-state index is -0.718. The summed E-state index contributed by atoms with van der Waals surface area (Å²) < 4.78 is 12.2. The Bertz CT molecular complexity index is 966. The van der Waals surface area contributed by atoms with Crippen LogP contribution in [0.15, 0.2) is 36.4 Å². The molecule has 2 heterocycles. The van der Waals surface area contributed by atoms with Crippen molar-refractivity contribution in [3.05, 3.63) is 58.1 Å². The molecule has 172 valence electrons. The van der Waals surface area contributed by atoms with Crippen molar-refractivity contribution in [3.8, 4) is 11.5 Å². The smallest absolute Gasteiger partial charge is 0.303 e. The van der Waals surface area contributed by atoms with Gasteiger partial charge in [-0.1, -0.05) is 43.6 Å². The van der Waals surface area contributed by atoms with E-state index in [1.54, 1.807) is 0 Å². The number of benzene rings is 2. The number of piperidine rings is 1. The molecule has 0 aromatic heterocycles. The van der Waals surface area contributed by atoms with Crippen molar-refractivity contribution in [1.29, 1.82) is 0 Å². The topological polar surface area (TPSA) is 59.0 Å². The standard InChI is InChI=1S/C26H32ClNO4/c1-18(2)20-5-3-6-23(27)21(20)16-31-19-8-9-22-24(15-19)32-17-26(22)10-13-28(14-11-26)12-4-7-25(29)30/h3,5-6,8-9,15,18H,4,7,10-14,16-17H2,1-2H3,(H,29,30). The van der Waals surface area contributed by atoms with Gasteiger partial charge in [0.05, 0.1) is 6.61 Å². The monoisotopic (exact) mass is 457 g/mol. The molecule has 32 heavy (non-hydrogen) atoms. The van der Waals surface area contributed by atoms with Crippen LogP contribution in [0, 0.1) is 0 Å². The summed E-state index contributed by atoms with van der Waals surface area (Å²) in [4.78, 5) is 13.1. The lowest BCUT2D eigenvalue weighted by molar-refractivity contribution is -0.137. The summed E-state index contributed by atoms with van der Waals surface area (Å²) in [5.41, 5.74) is 3.59. The van der Waals surface area contributed by atoms with Crippen LogP contribution in [0.1, 0.15) is 62.1 Å². The van der Waals surface area contributed by atoms with Gasteiger partial charge in [0, 0.05) is 34.1 Å². The lowest BCUT2D eigenvalue weighted by atomic mass is 9.74. The second-order valence-electron chi connectivity index (χ2n) is 9.32. The van der Waals surface area contributed by atoms with Gasteiger partial charge in [0.2, 0.25) is 0 Å². The molecule has 1 saturated heterocycles. The van der Waals surface area contributed by atoms with Gasteiger partial charge in [0.25, 0.3) is 0 Å². The van der Waals surface area contributed by atoms with Crippen LogP contribution in [0.3, 0.4) is 0 Å². The predicted octanol–water partition coefficient (Wildman–Crippen LogP) is 5.63. The molecule has 5 nitrogen and oxygen atoms in total. The summed E-state index contributed by atoms with van der Waals surface area (Å²) >= 11 is 6.45. The Morgan fingerprint density at radius 1 is 1.25 bits per heavy atom. The Morgan fingerprint density at radius 2 is 2.03 bits per heavy atom. The van der Waals surface area contributed by atoms with E-state index in [1.807, 2.05) is 24.3 Å². The van der Waals surface area contributed by atoms with Crippen molar-refractivity contribution in [1.82, 2.24) is 4.90 Å². The van der Waals surface area contributed by atoms with Gasteiger partial charge in [-0.15, -0.1) is 0 Å². The van der Waals surface area contributed by atoms with E-state index in [0.29, 0.717) is 25.6 Å². The first-order valence-electron chi connectivity index (χ1n) is 11.5. The Hall–Kier alpha value is -2.24. The van der Waals surface area contributed by atoms with E-state index in [2.05, 4.69) is 30.9 Å². The highest BCUT2D eigenvalue weighted by Gasteiger charge is 2.43. The van der Waals surface area contributed by atoms with Crippen molar-refractivity contribution in [2.24, 2.45) is 0 Å². The van der Waals surface area contributed by atoms with Gasteiger partial charge in [-0.05, 0) is 62.5 Å². The zero-order chi connectivity index (χ0) is 22.7. The molecule has 0 unspecified atom stereocenters. The quantitative estimate of drug-likeness (QED) is 0.556. The minimum absolute atomic E-state index is 0.0602. The molecule has 0 atom stereocenters. The van der Waals surface area contributed by atoms with E-state index in [0.717, 1.165) is 54.6 Å². The van der Waals surface area contributed by atoms with Gasteiger partial charge in [-0.25, -0.2) is 0 Å². The summed E-state index contributed by atoms with van der Waals surface area (Å²) in [6.45, 7) is 8.27. The number of aliphatic carboxylic acids is 1. The van der Waals surface area contributed by atoms with Crippen LogP contribution in [-0.2, 0) is 16.8 Å². The molecular weight excluding hydrogens is 426 g/mol. The second-order valence-corrected chi connectivity index (χ2v) is 9.72. The van der Waals surface area contributed by atoms with Crippen LogP contribution < -0.4 is 9.47 Å². The maximum atomic E-state index is 10.7. The number of carboxylic acid groups (broad SMARTS) is 1. The largest absolute Gasteiger partial charge is 0.492 e. The van der Waals surface area contributed by atoms with Gasteiger partial charge in [-0.2, -0.15) is 0 Å². The Morgan fingerprint density at radius 3 is 2.75 bits per heavy atom. The van der Waals surface area contributed by atoms with Crippen LogP contribution in [0.2, 0.25) is 5.02 Å². The number of likely N-dealkylation sites (tertiary alicyclic amines) is 1. The summed E-state index contributed by atoms with van der Waals surface area (Å²) in [6, 6.07) is 12.2. The molecule has 2 aromatic rings. The Labute approximate surface area is 195 Å². The number of ether oxygens (including phenoxy) is 2. The summed E-state index contributed by atoms with van der Waals surface area (Å²) in [7, 11) is 0. The predicted molar refractivity (Wildman–Crippen MR) is 126 cm³/mol. The maximum absolute atomic E-state index is 10.7. The van der Waals surface area contributed by atoms with Crippen LogP contribution in [0.25, 0.3) is 0 Å². The van der Waals surface area contributed by atoms with E-state index >= 15 is 0 Å². The Balaban J connectivity index is 1.39. The number of hydrogen-bond acceptors (Lipinski definition) is 4. The molecular formula is C26H32ClNO4. The van der Waals surface area contributed by atoms with E-state index in [-0.39, 0.29) is 11.8 Å². The first kappa shape index (κ1) is 22.9. The zero-order valence-corrected chi connectivity index (χ0v) is 19.7. The van der Waals surface area contributed by atoms with Gasteiger partial charge in [0.15, 0.2) is 0 Å². The third-order valence-corrected chi connectivity index (χ3v) is 7.22. The highest BCUT2D eigenvalue weighted by molar-refractivity contribution is 6.31. The van der Waals surface area contributed by atoms with Crippen molar-refractivity contribution in [3.63, 3.8) is 0 Å². The van der Waals surface area contributed by atoms with Crippen LogP contribution in [0.5, 0.6) is 11.5 Å². The fourth-order valence-electron chi connectivity index (χ4n) is 4.94. The normalized spacial score (nSPS) is 17.4. The fourth-order valence-corrected chi connectivity index (χ4v) is 5.18. The number of rotatable bonds is 8. The molecule has 1 fully saturated rings. The number of halogens is 1. The lowest BCUT2D eigenvalue weighted by Gasteiger charge is -2.38. The molecule has 6 heteroatoms. The molecule has 2 aromatic carbocycles. The number of fused-ring (bicyclic) bond motifs is 2. The van der Waals surface area contributed by atoms with Gasteiger partial charge >= 0.3 is 5.97 Å². The molecule has 1 N–H and O–H groups in total. The van der Waals surface area contributed by atoms with E-state index in [1.165, 1.54) is 11.1 Å². The van der Waals surface area contributed by atoms with Gasteiger partial charge in [-0.3, -0.25) is 4.79 Å². The highest BCUT2D eigenvalue weighted by atomic mass is 35.5. The molecule has 0 saturated carbocycles. The van der Waals surface area contributed by atoms with Crippen LogP contribution in [0.4, 0.5) is 0 Å². The molecule has 0 bridgehead atoms. The first-order valence-corrected chi connectivity index (χ1v) is 11.9. The fraction of sp³-hybridized carbons (Fsp3) is 0.500. The average molecular weight is 458 g/mol. The van der Waals surface area contributed by atoms with Gasteiger partial charge in [0.1, 0.15) is 18.1 Å². The second kappa shape index (κ2) is 9.72. The molecule has 1 spiro atoms. The van der Waals surface area contributed by atoms with Crippen molar-refractivity contribution < 1.29 is 19.4 Å². The van der Waals surface area contributed by atoms with E-state index in [4.69, 9.17) is 26.2 Å². The average Bonchev–Trinajstić information content (AvgIpc) is 3.11. The highest BCUT2D eigenvalue weighted by Crippen LogP contribution is 2.46. The molecule has 2 aliphatic heterocycles. The molecule has 2 aliphatic rings. The SMILES string of the molecule is CC(C)c1cccc(Cl)c1COc1ccc2c(c1)OCC21CCN(CCCC(=O)O)CC1. The maximum Gasteiger partial charge on any atom is 0.303 e. The molecule has 0 radical (unpaired) electrons. The van der Waals surface area contributed by atoms with Crippen LogP contribution >= 0.6 is 11.6 Å². The zero-order valence-electron chi connectivity index (χ0n) is 18.9. The molecule has 4 rings (SSSR count). The minimum Gasteiger partial charge on any atom is -0.492 e. The van der Waals surface area contributed by atoms with Crippen molar-refractivity contribution in [2.45, 2.75) is 57.5 Å². The number of hydrogen-bond donors (Lipinski definition) is 1. The number of nitrogens with zero attached hydrogens (tertiary/aromatic N) is 1. The lowest BCUT2D eigenvalue weighted by Crippen LogP contribution is -2.43. The summed E-state index contributed by atoms with van der Waals surface area (Å²) in [6.07, 6.45) is 3.01. The summed E-state index contributed by atoms with van der Waals surface area (Å²) in [5, 5.41) is 9.58. The van der Waals surface area contributed by atoms with Gasteiger partial charge < -0.3 is 19.5 Å². The number of carbonyl (C=O) groups is 1. The molecule has 0 amide bonds. The van der Waals surface area contributed by atoms with E-state index in [9.17, 15) is 4.79 Å². The first-order chi connectivity index (χ1) is 15.4. The third kappa shape index (κ3) is 4.89. The Kier molecular flexibility index (Phi) is 6.96. The molecule has 0 aliphatic carbocycles.